The van der Waals surface area contributed by atoms with E-state index in [0.29, 0.717) is 0 Å². The maximum absolute atomic E-state index is 13.1. The molecule has 0 bridgehead atoms. The fourth-order valence-corrected chi connectivity index (χ4v) is 4.04. The average Bonchev–Trinajstić information content (AvgIpc) is 3.00. The predicted octanol–water partition coefficient (Wildman–Crippen LogP) is 5.66. The van der Waals surface area contributed by atoms with E-state index in [1.807, 2.05) is 24.3 Å². The van der Waals surface area contributed by atoms with Gasteiger partial charge in [-0.25, -0.2) is 0 Å². The monoisotopic (exact) mass is 449 g/mol. The van der Waals surface area contributed by atoms with Crippen molar-refractivity contribution in [2.75, 3.05) is 30.0 Å². The van der Waals surface area contributed by atoms with Crippen LogP contribution in [0.3, 0.4) is 0 Å². The zero-order chi connectivity index (χ0) is 22.6. The summed E-state index contributed by atoms with van der Waals surface area (Å²) in [5.41, 5.74) is 0.774. The number of amides is 2. The van der Waals surface area contributed by atoms with E-state index in [9.17, 15) is 22.8 Å². The van der Waals surface area contributed by atoms with Gasteiger partial charge in [-0.05, 0) is 61.5 Å². The molecule has 1 aliphatic heterocycles. The summed E-state index contributed by atoms with van der Waals surface area (Å²) in [5.74, 6) is -0.542. The van der Waals surface area contributed by atoms with E-state index in [1.165, 1.54) is 18.2 Å². The van der Waals surface area contributed by atoms with Gasteiger partial charge in [-0.2, -0.15) is 13.2 Å². The van der Waals surface area contributed by atoms with Crippen LogP contribution < -0.4 is 10.2 Å². The van der Waals surface area contributed by atoms with Gasteiger partial charge in [0.15, 0.2) is 0 Å². The van der Waals surface area contributed by atoms with E-state index in [4.69, 9.17) is 0 Å². The lowest BCUT2D eigenvalue weighted by Crippen LogP contribution is -2.33. The molecule has 2 aromatic rings. The summed E-state index contributed by atoms with van der Waals surface area (Å²) in [4.78, 5) is 28.2. The molecule has 9 heteroatoms. The quantitative estimate of drug-likeness (QED) is 0.553. The molecule has 0 atom stereocenters. The number of thioether (sulfide) groups is 1. The summed E-state index contributed by atoms with van der Waals surface area (Å²) in [6.07, 6.45) is -2.93. The van der Waals surface area contributed by atoms with Crippen molar-refractivity contribution in [2.24, 2.45) is 0 Å². The molecule has 5 nitrogen and oxygen atoms in total. The zero-order valence-electron chi connectivity index (χ0n) is 17.1. The number of carbonyl (C=O) groups excluding carboxylic acids is 2. The minimum absolute atomic E-state index is 0.190. The first kappa shape index (κ1) is 22.7. The molecule has 0 saturated carbocycles. The molecular formula is C22H22F3N3O2S. The number of halogens is 3. The zero-order valence-corrected chi connectivity index (χ0v) is 17.9. The molecule has 2 aromatic carbocycles. The normalized spacial score (nSPS) is 15.6. The molecule has 0 spiro atoms. The van der Waals surface area contributed by atoms with Crippen LogP contribution in [0.15, 0.2) is 53.4 Å². The molecule has 2 amide bonds. The highest BCUT2D eigenvalue weighted by atomic mass is 32.2. The third-order valence-corrected chi connectivity index (χ3v) is 5.76. The van der Waals surface area contributed by atoms with Gasteiger partial charge in [-0.3, -0.25) is 14.5 Å². The molecule has 0 aliphatic carbocycles. The third kappa shape index (κ3) is 5.22. The first-order valence-electron chi connectivity index (χ1n) is 9.75. The summed E-state index contributed by atoms with van der Waals surface area (Å²) in [6.45, 7) is 5.53. The Labute approximate surface area is 182 Å². The minimum atomic E-state index is -4.54. The van der Waals surface area contributed by atoms with Crippen molar-refractivity contribution in [3.8, 4) is 0 Å². The molecule has 0 aromatic heterocycles. The van der Waals surface area contributed by atoms with Gasteiger partial charge >= 0.3 is 6.18 Å². The van der Waals surface area contributed by atoms with Crippen LogP contribution in [0.4, 0.5) is 29.3 Å². The smallest absolute Gasteiger partial charge is 0.372 e. The molecule has 0 radical (unpaired) electrons. The van der Waals surface area contributed by atoms with Crippen molar-refractivity contribution < 1.29 is 22.8 Å². The number of imide groups is 1. The van der Waals surface area contributed by atoms with Gasteiger partial charge in [0.05, 0.1) is 17.1 Å². The van der Waals surface area contributed by atoms with Gasteiger partial charge in [0, 0.05) is 24.5 Å². The van der Waals surface area contributed by atoms with Crippen molar-refractivity contribution in [3.63, 3.8) is 0 Å². The molecule has 1 heterocycles. The van der Waals surface area contributed by atoms with Crippen LogP contribution in [0.2, 0.25) is 0 Å². The van der Waals surface area contributed by atoms with Crippen molar-refractivity contribution in [3.05, 3.63) is 64.6 Å². The summed E-state index contributed by atoms with van der Waals surface area (Å²) >= 11 is 0.767. The number of anilines is 2. The molecule has 0 unspecified atom stereocenters. The lowest BCUT2D eigenvalue weighted by molar-refractivity contribution is -0.137. The molecule has 1 saturated heterocycles. The summed E-state index contributed by atoms with van der Waals surface area (Å²) in [5, 5.41) is 2.02. The van der Waals surface area contributed by atoms with Gasteiger partial charge in [0.1, 0.15) is 0 Å². The Hall–Kier alpha value is -2.94. The lowest BCUT2D eigenvalue weighted by Gasteiger charge is -2.20. The molecule has 3 rings (SSSR count). The maximum atomic E-state index is 13.1. The Bertz CT molecular complexity index is 986. The fourth-order valence-electron chi connectivity index (χ4n) is 3.21. The maximum Gasteiger partial charge on any atom is 0.418 e. The fraction of sp³-hybridized carbons (Fsp3) is 0.273. The first-order valence-corrected chi connectivity index (χ1v) is 10.6. The summed E-state index contributed by atoms with van der Waals surface area (Å²) in [7, 11) is 0. The Morgan fingerprint density at radius 3 is 2.29 bits per heavy atom. The lowest BCUT2D eigenvalue weighted by atomic mass is 10.1. The van der Waals surface area contributed by atoms with Crippen LogP contribution in [-0.4, -0.2) is 35.8 Å². The summed E-state index contributed by atoms with van der Waals surface area (Å²) in [6, 6.07) is 12.5. The summed E-state index contributed by atoms with van der Waals surface area (Å²) < 4.78 is 39.4. The van der Waals surface area contributed by atoms with E-state index >= 15 is 0 Å². The van der Waals surface area contributed by atoms with Crippen LogP contribution >= 0.6 is 11.8 Å². The van der Waals surface area contributed by atoms with Gasteiger partial charge in [-0.15, -0.1) is 0 Å². The van der Waals surface area contributed by atoms with Crippen molar-refractivity contribution >= 4 is 40.4 Å². The van der Waals surface area contributed by atoms with E-state index in [0.717, 1.165) is 47.1 Å². The second-order valence-corrected chi connectivity index (χ2v) is 7.74. The van der Waals surface area contributed by atoms with Crippen LogP contribution in [0, 0.1) is 0 Å². The number of hydrogen-bond donors (Lipinski definition) is 1. The Morgan fingerprint density at radius 2 is 1.68 bits per heavy atom. The number of nitrogens with one attached hydrogen (secondary N) is 1. The largest absolute Gasteiger partial charge is 0.418 e. The van der Waals surface area contributed by atoms with E-state index in [2.05, 4.69) is 24.1 Å². The minimum Gasteiger partial charge on any atom is -0.372 e. The highest BCUT2D eigenvalue weighted by Gasteiger charge is 2.36. The van der Waals surface area contributed by atoms with Crippen LogP contribution in [0.25, 0.3) is 6.08 Å². The van der Waals surface area contributed by atoms with E-state index in [-0.39, 0.29) is 17.3 Å². The van der Waals surface area contributed by atoms with E-state index in [1.54, 1.807) is 6.08 Å². The van der Waals surface area contributed by atoms with Crippen molar-refractivity contribution in [1.82, 2.24) is 4.90 Å². The Morgan fingerprint density at radius 1 is 1.03 bits per heavy atom. The van der Waals surface area contributed by atoms with Gasteiger partial charge in [0.25, 0.3) is 11.1 Å². The van der Waals surface area contributed by atoms with Crippen molar-refractivity contribution in [1.29, 1.82) is 0 Å². The molecule has 31 heavy (non-hydrogen) atoms. The first-order chi connectivity index (χ1) is 14.7. The highest BCUT2D eigenvalue weighted by molar-refractivity contribution is 8.18. The molecular weight excluding hydrogens is 427 g/mol. The van der Waals surface area contributed by atoms with Crippen LogP contribution in [0.5, 0.6) is 0 Å². The van der Waals surface area contributed by atoms with Gasteiger partial charge < -0.3 is 10.2 Å². The molecule has 164 valence electrons. The van der Waals surface area contributed by atoms with E-state index < -0.39 is 22.9 Å². The van der Waals surface area contributed by atoms with Crippen LogP contribution in [0.1, 0.15) is 25.0 Å². The number of alkyl halides is 3. The second kappa shape index (κ2) is 9.47. The van der Waals surface area contributed by atoms with Gasteiger partial charge in [-0.1, -0.05) is 24.3 Å². The number of carbonyl (C=O) groups is 2. The van der Waals surface area contributed by atoms with Gasteiger partial charge in [0.2, 0.25) is 0 Å². The third-order valence-electron chi connectivity index (χ3n) is 4.85. The van der Waals surface area contributed by atoms with Crippen molar-refractivity contribution in [2.45, 2.75) is 20.0 Å². The van der Waals surface area contributed by atoms with Crippen LogP contribution in [-0.2, 0) is 11.0 Å². The number of para-hydroxylation sites is 1. The number of hydrogen-bond acceptors (Lipinski definition) is 5. The standard InChI is InChI=1S/C22H22F3N3O2S/c1-3-27(4-2)16-11-9-15(10-12-16)13-19-20(29)28(21(30)31-19)14-26-18-8-6-5-7-17(18)22(23,24)25/h5-13,26H,3-4,14H2,1-2H3/b19-13+. The number of nitrogens with zero attached hydrogens (tertiary/aromatic N) is 2. The number of benzene rings is 2. The topological polar surface area (TPSA) is 52.7 Å². The molecule has 1 aliphatic rings. The predicted molar refractivity (Wildman–Crippen MR) is 118 cm³/mol. The highest BCUT2D eigenvalue weighted by Crippen LogP contribution is 2.36. The second-order valence-electron chi connectivity index (χ2n) is 6.75. The Balaban J connectivity index is 1.72. The molecule has 1 fully saturated rings. The average molecular weight is 449 g/mol. The SMILES string of the molecule is CCN(CC)c1ccc(/C=C2/SC(=O)N(CNc3ccccc3C(F)(F)F)C2=O)cc1. The molecule has 1 N–H and O–H groups in total. The number of rotatable bonds is 7. The Kier molecular flexibility index (Phi) is 6.94.